The summed E-state index contributed by atoms with van der Waals surface area (Å²) in [6.07, 6.45) is 11.2. The molecule has 0 fully saturated rings. The third-order valence-corrected chi connectivity index (χ3v) is 6.94. The van der Waals surface area contributed by atoms with E-state index in [0.717, 1.165) is 69.0 Å². The number of H-pyrrole nitrogens is 1. The van der Waals surface area contributed by atoms with E-state index in [1.807, 2.05) is 48.4 Å². The molecule has 2 aromatic carbocycles. The summed E-state index contributed by atoms with van der Waals surface area (Å²) in [6, 6.07) is 18.8. The van der Waals surface area contributed by atoms with Gasteiger partial charge in [0.05, 0.1) is 47.0 Å². The molecule has 0 bridgehead atoms. The van der Waals surface area contributed by atoms with Crippen molar-refractivity contribution >= 4 is 22.3 Å². The normalized spacial score (nSPS) is 11.2. The highest BCUT2D eigenvalue weighted by atomic mass is 15.1. The summed E-state index contributed by atoms with van der Waals surface area (Å²) in [4.78, 5) is 13.3. The summed E-state index contributed by atoms with van der Waals surface area (Å²) in [5.41, 5.74) is 10.7. The molecule has 8 nitrogen and oxygen atoms in total. The Balaban J connectivity index is 1.22. The van der Waals surface area contributed by atoms with Gasteiger partial charge in [-0.05, 0) is 54.3 Å². The van der Waals surface area contributed by atoms with Gasteiger partial charge in [-0.2, -0.15) is 5.10 Å². The van der Waals surface area contributed by atoms with Gasteiger partial charge in [-0.3, -0.25) is 15.1 Å². The molecule has 3 N–H and O–H groups in total. The summed E-state index contributed by atoms with van der Waals surface area (Å²) in [6.45, 7) is 9.87. The zero-order valence-electron chi connectivity index (χ0n) is 22.5. The van der Waals surface area contributed by atoms with Gasteiger partial charge in [0.1, 0.15) is 5.69 Å². The number of aryl methyl sites for hydroxylation is 1. The van der Waals surface area contributed by atoms with E-state index < -0.39 is 0 Å². The summed E-state index contributed by atoms with van der Waals surface area (Å²) in [5.74, 6) is 0. The Morgan fingerprint density at radius 3 is 2.55 bits per heavy atom. The molecule has 0 saturated carbocycles. The fraction of sp³-hybridized carbons (Fsp3) is 0.125. The SMILES string of the molecule is C=C(Nc1cncc(-n2cnc(C)c2)c1C)c1n[nH]c2ccc(-c3cncc(CNCc4ccccc4)c3)cc12. The summed E-state index contributed by atoms with van der Waals surface area (Å²) in [7, 11) is 0. The van der Waals surface area contributed by atoms with Crippen molar-refractivity contribution in [1.82, 2.24) is 35.0 Å². The Hall–Kier alpha value is -5.08. The Kier molecular flexibility index (Phi) is 6.91. The van der Waals surface area contributed by atoms with E-state index in [0.29, 0.717) is 5.70 Å². The second kappa shape index (κ2) is 11.0. The van der Waals surface area contributed by atoms with Crippen LogP contribution in [-0.2, 0) is 13.1 Å². The summed E-state index contributed by atoms with van der Waals surface area (Å²) in [5, 5.41) is 15.6. The van der Waals surface area contributed by atoms with Gasteiger partial charge in [-0.25, -0.2) is 4.98 Å². The Morgan fingerprint density at radius 2 is 1.73 bits per heavy atom. The van der Waals surface area contributed by atoms with E-state index >= 15 is 0 Å². The van der Waals surface area contributed by atoms with Gasteiger partial charge in [-0.1, -0.05) is 43.0 Å². The van der Waals surface area contributed by atoms with Gasteiger partial charge in [0.25, 0.3) is 0 Å². The minimum Gasteiger partial charge on any atom is -0.353 e. The van der Waals surface area contributed by atoms with Gasteiger partial charge < -0.3 is 15.2 Å². The van der Waals surface area contributed by atoms with Crippen LogP contribution in [0.25, 0.3) is 33.4 Å². The zero-order chi connectivity index (χ0) is 27.5. The molecule has 0 atom stereocenters. The van der Waals surface area contributed by atoms with Gasteiger partial charge in [0.2, 0.25) is 0 Å². The van der Waals surface area contributed by atoms with Crippen LogP contribution in [-0.4, -0.2) is 29.7 Å². The van der Waals surface area contributed by atoms with Crippen molar-refractivity contribution < 1.29 is 0 Å². The van der Waals surface area contributed by atoms with E-state index in [2.05, 4.69) is 91.8 Å². The highest BCUT2D eigenvalue weighted by molar-refractivity contribution is 5.95. The molecular weight excluding hydrogens is 496 g/mol. The Labute approximate surface area is 232 Å². The lowest BCUT2D eigenvalue weighted by Gasteiger charge is -2.14. The quantitative estimate of drug-likeness (QED) is 0.208. The molecule has 0 aliphatic rings. The van der Waals surface area contributed by atoms with Crippen molar-refractivity contribution in [2.45, 2.75) is 26.9 Å². The first-order valence-electron chi connectivity index (χ1n) is 13.1. The second-order valence-corrected chi connectivity index (χ2v) is 9.86. The van der Waals surface area contributed by atoms with Gasteiger partial charge in [0, 0.05) is 42.6 Å². The molecule has 0 radical (unpaired) electrons. The van der Waals surface area contributed by atoms with Crippen LogP contribution in [0.15, 0.2) is 98.5 Å². The number of aromatic nitrogens is 6. The molecule has 6 aromatic rings. The molecule has 198 valence electrons. The smallest absolute Gasteiger partial charge is 0.116 e. The van der Waals surface area contributed by atoms with Crippen molar-refractivity contribution in [2.75, 3.05) is 5.32 Å². The first-order valence-corrected chi connectivity index (χ1v) is 13.1. The number of fused-ring (bicyclic) bond motifs is 1. The van der Waals surface area contributed by atoms with Crippen LogP contribution in [0.2, 0.25) is 0 Å². The monoisotopic (exact) mass is 526 g/mol. The van der Waals surface area contributed by atoms with Crippen molar-refractivity contribution in [3.8, 4) is 16.8 Å². The maximum Gasteiger partial charge on any atom is 0.116 e. The predicted molar refractivity (Wildman–Crippen MR) is 160 cm³/mol. The number of hydrogen-bond donors (Lipinski definition) is 3. The molecule has 0 aliphatic heterocycles. The molecule has 8 heteroatoms. The van der Waals surface area contributed by atoms with Crippen LogP contribution in [0.3, 0.4) is 0 Å². The van der Waals surface area contributed by atoms with E-state index in [1.165, 1.54) is 5.56 Å². The number of nitrogens with zero attached hydrogens (tertiary/aromatic N) is 5. The number of benzene rings is 2. The molecule has 6 rings (SSSR count). The number of rotatable bonds is 9. The van der Waals surface area contributed by atoms with E-state index in [9.17, 15) is 0 Å². The van der Waals surface area contributed by atoms with E-state index in [1.54, 1.807) is 12.5 Å². The van der Waals surface area contributed by atoms with Crippen LogP contribution in [0.5, 0.6) is 0 Å². The lowest BCUT2D eigenvalue weighted by molar-refractivity contribution is 0.691. The topological polar surface area (TPSA) is 96.3 Å². The minimum absolute atomic E-state index is 0.684. The van der Waals surface area contributed by atoms with Crippen LogP contribution in [0.4, 0.5) is 5.69 Å². The van der Waals surface area contributed by atoms with Gasteiger partial charge in [0.15, 0.2) is 0 Å². The predicted octanol–water partition coefficient (Wildman–Crippen LogP) is 6.20. The van der Waals surface area contributed by atoms with E-state index in [4.69, 9.17) is 0 Å². The second-order valence-electron chi connectivity index (χ2n) is 9.86. The molecule has 0 spiro atoms. The van der Waals surface area contributed by atoms with Crippen LogP contribution >= 0.6 is 0 Å². The third kappa shape index (κ3) is 5.25. The largest absolute Gasteiger partial charge is 0.353 e. The minimum atomic E-state index is 0.684. The number of aromatic amines is 1. The highest BCUT2D eigenvalue weighted by Gasteiger charge is 2.14. The van der Waals surface area contributed by atoms with Crippen LogP contribution < -0.4 is 10.6 Å². The standard InChI is InChI=1S/C32H30N8/c1-21-19-40(20-36-21)31-18-35-17-30(22(31)2)37-23(3)32-28-12-26(9-10-29(28)38-39-32)27-11-25(15-34-16-27)14-33-13-24-7-5-4-6-8-24/h4-12,15-20,33,37H,3,13-14H2,1-2H3,(H,38,39). The number of imidazole rings is 1. The number of hydrogen-bond acceptors (Lipinski definition) is 6. The maximum atomic E-state index is 4.58. The molecule has 0 saturated heterocycles. The van der Waals surface area contributed by atoms with Gasteiger partial charge in [-0.15, -0.1) is 0 Å². The van der Waals surface area contributed by atoms with Crippen LogP contribution in [0, 0.1) is 13.8 Å². The molecule has 0 unspecified atom stereocenters. The zero-order valence-corrected chi connectivity index (χ0v) is 22.5. The Bertz CT molecular complexity index is 1800. The van der Waals surface area contributed by atoms with Gasteiger partial charge >= 0.3 is 0 Å². The fourth-order valence-corrected chi connectivity index (χ4v) is 4.79. The molecule has 4 aromatic heterocycles. The van der Waals surface area contributed by atoms with Crippen molar-refractivity contribution in [3.63, 3.8) is 0 Å². The third-order valence-electron chi connectivity index (χ3n) is 6.94. The fourth-order valence-electron chi connectivity index (χ4n) is 4.79. The average Bonchev–Trinajstić information content (AvgIpc) is 3.61. The molecular formula is C32H30N8. The van der Waals surface area contributed by atoms with Crippen molar-refractivity contribution in [3.05, 3.63) is 127 Å². The number of nitrogens with one attached hydrogen (secondary N) is 3. The number of pyridine rings is 2. The van der Waals surface area contributed by atoms with E-state index in [-0.39, 0.29) is 0 Å². The number of anilines is 1. The van der Waals surface area contributed by atoms with Crippen molar-refractivity contribution in [1.29, 1.82) is 0 Å². The average molecular weight is 527 g/mol. The summed E-state index contributed by atoms with van der Waals surface area (Å²) < 4.78 is 1.97. The molecule has 4 heterocycles. The summed E-state index contributed by atoms with van der Waals surface area (Å²) >= 11 is 0. The Morgan fingerprint density at radius 1 is 0.900 bits per heavy atom. The first-order chi connectivity index (χ1) is 19.5. The molecule has 0 aliphatic carbocycles. The first kappa shape index (κ1) is 25.2. The lowest BCUT2D eigenvalue weighted by atomic mass is 10.0. The maximum absolute atomic E-state index is 4.58. The molecule has 40 heavy (non-hydrogen) atoms. The van der Waals surface area contributed by atoms with Crippen molar-refractivity contribution in [2.24, 2.45) is 0 Å². The molecule has 0 amide bonds. The van der Waals surface area contributed by atoms with Crippen LogP contribution in [0.1, 0.15) is 28.1 Å². The highest BCUT2D eigenvalue weighted by Crippen LogP contribution is 2.30. The lowest BCUT2D eigenvalue weighted by Crippen LogP contribution is -2.12.